The predicted octanol–water partition coefficient (Wildman–Crippen LogP) is 2.31. The van der Waals surface area contributed by atoms with E-state index in [0.717, 1.165) is 29.2 Å². The van der Waals surface area contributed by atoms with Crippen molar-refractivity contribution in [3.63, 3.8) is 0 Å². The number of nitrogens with zero attached hydrogens (tertiary/aromatic N) is 2. The molecule has 0 radical (unpaired) electrons. The third kappa shape index (κ3) is 3.85. The van der Waals surface area contributed by atoms with Crippen LogP contribution < -0.4 is 14.2 Å². The number of carbonyl (C=O) groups is 1. The molecule has 0 spiro atoms. The molecule has 2 aliphatic rings. The molecule has 0 saturated carbocycles. The van der Waals surface area contributed by atoms with Crippen LogP contribution in [0.25, 0.3) is 0 Å². The van der Waals surface area contributed by atoms with Crippen LogP contribution in [0.3, 0.4) is 0 Å². The predicted molar refractivity (Wildman–Crippen MR) is 101 cm³/mol. The molecule has 2 aromatic rings. The Morgan fingerprint density at radius 2 is 1.89 bits per heavy atom. The Bertz CT molecular complexity index is 837. The molecule has 4 rings (SSSR count). The lowest BCUT2D eigenvalue weighted by Crippen LogP contribution is -2.47. The normalized spacial score (nSPS) is 18.0. The number of fused-ring (bicyclic) bond motifs is 2. The molecule has 0 aromatic heterocycles. The molecule has 6 nitrogen and oxygen atoms in total. The molecule has 2 heterocycles. The molecule has 6 heteroatoms. The van der Waals surface area contributed by atoms with Gasteiger partial charge in [-0.25, -0.2) is 0 Å². The number of ether oxygens (including phenoxy) is 3. The smallest absolute Gasteiger partial charge is 0.231 e. The number of likely N-dealkylation sites (N-methyl/N-ethyl adjacent to an activating group) is 1. The van der Waals surface area contributed by atoms with Crippen molar-refractivity contribution in [2.24, 2.45) is 0 Å². The van der Waals surface area contributed by atoms with Crippen molar-refractivity contribution >= 4 is 5.91 Å². The van der Waals surface area contributed by atoms with Gasteiger partial charge in [0.05, 0.1) is 12.5 Å². The number of rotatable bonds is 4. The van der Waals surface area contributed by atoms with Crippen molar-refractivity contribution < 1.29 is 19.0 Å². The lowest BCUT2D eigenvalue weighted by Gasteiger charge is -2.31. The summed E-state index contributed by atoms with van der Waals surface area (Å²) in [5.74, 6) is 2.38. The summed E-state index contributed by atoms with van der Waals surface area (Å²) in [6.45, 7) is 2.03. The summed E-state index contributed by atoms with van der Waals surface area (Å²) in [7, 11) is 4.02. The van der Waals surface area contributed by atoms with Crippen molar-refractivity contribution in [3.05, 3.63) is 53.6 Å². The van der Waals surface area contributed by atoms with Crippen LogP contribution in [-0.4, -0.2) is 55.8 Å². The summed E-state index contributed by atoms with van der Waals surface area (Å²) in [6, 6.07) is 13.6. The van der Waals surface area contributed by atoms with Gasteiger partial charge in [-0.1, -0.05) is 24.3 Å². The van der Waals surface area contributed by atoms with Crippen molar-refractivity contribution in [3.8, 4) is 17.2 Å². The van der Waals surface area contributed by atoms with Crippen LogP contribution in [0, 0.1) is 0 Å². The first-order valence-corrected chi connectivity index (χ1v) is 9.13. The van der Waals surface area contributed by atoms with E-state index in [4.69, 9.17) is 14.2 Å². The van der Waals surface area contributed by atoms with Gasteiger partial charge in [-0.3, -0.25) is 4.79 Å². The number of hydrogen-bond acceptors (Lipinski definition) is 5. The second kappa shape index (κ2) is 7.48. The first-order chi connectivity index (χ1) is 13.1. The molecular weight excluding hydrogens is 344 g/mol. The molecule has 0 aliphatic carbocycles. The van der Waals surface area contributed by atoms with Gasteiger partial charge in [0.1, 0.15) is 12.4 Å². The van der Waals surface area contributed by atoms with E-state index >= 15 is 0 Å². The SMILES string of the molecule is CN(C)CC1COc2ccccc2CN1C(=O)Cc1ccc2c(c1)OCO2. The van der Waals surface area contributed by atoms with Gasteiger partial charge >= 0.3 is 0 Å². The standard InChI is InChI=1S/C21H24N2O4/c1-22(2)12-17-13-25-18-6-4-3-5-16(18)11-23(17)21(24)10-15-7-8-19-20(9-15)27-14-26-19/h3-9,17H,10-14H2,1-2H3. The Hall–Kier alpha value is -2.73. The summed E-state index contributed by atoms with van der Waals surface area (Å²) in [5.41, 5.74) is 1.96. The second-order valence-electron chi connectivity index (χ2n) is 7.22. The highest BCUT2D eigenvalue weighted by Crippen LogP contribution is 2.33. The van der Waals surface area contributed by atoms with E-state index in [9.17, 15) is 4.79 Å². The largest absolute Gasteiger partial charge is 0.491 e. The number of benzene rings is 2. The van der Waals surface area contributed by atoms with Crippen LogP contribution in [0.1, 0.15) is 11.1 Å². The van der Waals surface area contributed by atoms with Gasteiger partial charge in [-0.05, 0) is 37.9 Å². The molecule has 2 aliphatic heterocycles. The average molecular weight is 368 g/mol. The van der Waals surface area contributed by atoms with Gasteiger partial charge in [0, 0.05) is 18.7 Å². The van der Waals surface area contributed by atoms with Gasteiger partial charge < -0.3 is 24.0 Å². The van der Waals surface area contributed by atoms with Gasteiger partial charge in [-0.15, -0.1) is 0 Å². The minimum atomic E-state index is -0.00564. The Balaban J connectivity index is 1.56. The minimum absolute atomic E-state index is 0.00564. The maximum Gasteiger partial charge on any atom is 0.231 e. The molecule has 142 valence electrons. The van der Waals surface area contributed by atoms with Gasteiger partial charge in [0.2, 0.25) is 12.7 Å². The summed E-state index contributed by atoms with van der Waals surface area (Å²) in [4.78, 5) is 17.2. The molecule has 2 aromatic carbocycles. The third-order valence-corrected chi connectivity index (χ3v) is 4.87. The number of carbonyl (C=O) groups excluding carboxylic acids is 1. The van der Waals surface area contributed by atoms with Gasteiger partial charge in [0.25, 0.3) is 0 Å². The highest BCUT2D eigenvalue weighted by atomic mass is 16.7. The topological polar surface area (TPSA) is 51.2 Å². The van der Waals surface area contributed by atoms with E-state index in [1.165, 1.54) is 0 Å². The van der Waals surface area contributed by atoms with E-state index in [0.29, 0.717) is 25.3 Å². The van der Waals surface area contributed by atoms with E-state index in [2.05, 4.69) is 4.90 Å². The second-order valence-corrected chi connectivity index (χ2v) is 7.22. The zero-order valence-corrected chi connectivity index (χ0v) is 15.7. The lowest BCUT2D eigenvalue weighted by molar-refractivity contribution is -0.134. The van der Waals surface area contributed by atoms with Crippen molar-refractivity contribution in [1.29, 1.82) is 0 Å². The van der Waals surface area contributed by atoms with Crippen LogP contribution >= 0.6 is 0 Å². The molecule has 0 bridgehead atoms. The van der Waals surface area contributed by atoms with E-state index < -0.39 is 0 Å². The van der Waals surface area contributed by atoms with Crippen molar-refractivity contribution in [2.75, 3.05) is 34.0 Å². The zero-order chi connectivity index (χ0) is 18.8. The van der Waals surface area contributed by atoms with Crippen LogP contribution in [-0.2, 0) is 17.8 Å². The van der Waals surface area contributed by atoms with E-state index in [1.54, 1.807) is 0 Å². The zero-order valence-electron chi connectivity index (χ0n) is 15.7. The van der Waals surface area contributed by atoms with E-state index in [1.807, 2.05) is 61.5 Å². The molecule has 1 amide bonds. The molecular formula is C21H24N2O4. The fraction of sp³-hybridized carbons (Fsp3) is 0.381. The van der Waals surface area contributed by atoms with Gasteiger partial charge in [0.15, 0.2) is 11.5 Å². The maximum absolute atomic E-state index is 13.2. The monoisotopic (exact) mass is 368 g/mol. The van der Waals surface area contributed by atoms with Crippen LogP contribution in [0.4, 0.5) is 0 Å². The van der Waals surface area contributed by atoms with Crippen LogP contribution in [0.2, 0.25) is 0 Å². The fourth-order valence-corrected chi connectivity index (χ4v) is 3.56. The average Bonchev–Trinajstić information content (AvgIpc) is 3.03. The molecule has 0 saturated heterocycles. The highest BCUT2D eigenvalue weighted by Gasteiger charge is 2.29. The molecule has 1 unspecified atom stereocenters. The lowest BCUT2D eigenvalue weighted by atomic mass is 10.1. The minimum Gasteiger partial charge on any atom is -0.491 e. The number of hydrogen-bond donors (Lipinski definition) is 0. The van der Waals surface area contributed by atoms with Crippen LogP contribution in [0.15, 0.2) is 42.5 Å². The first-order valence-electron chi connectivity index (χ1n) is 9.13. The molecule has 27 heavy (non-hydrogen) atoms. The Labute approximate surface area is 159 Å². The summed E-state index contributed by atoms with van der Waals surface area (Å²) >= 11 is 0. The molecule has 0 N–H and O–H groups in total. The molecule has 0 fully saturated rings. The third-order valence-electron chi connectivity index (χ3n) is 4.87. The Kier molecular flexibility index (Phi) is 4.90. The van der Waals surface area contributed by atoms with Crippen molar-refractivity contribution in [1.82, 2.24) is 9.80 Å². The van der Waals surface area contributed by atoms with Crippen molar-refractivity contribution in [2.45, 2.75) is 19.0 Å². The van der Waals surface area contributed by atoms with E-state index in [-0.39, 0.29) is 18.7 Å². The fourth-order valence-electron chi connectivity index (χ4n) is 3.56. The number of amides is 1. The van der Waals surface area contributed by atoms with Gasteiger partial charge in [-0.2, -0.15) is 0 Å². The highest BCUT2D eigenvalue weighted by molar-refractivity contribution is 5.79. The quantitative estimate of drug-likeness (QED) is 0.829. The summed E-state index contributed by atoms with van der Waals surface area (Å²) < 4.78 is 16.8. The maximum atomic E-state index is 13.2. The molecule has 1 atom stereocenters. The summed E-state index contributed by atoms with van der Waals surface area (Å²) in [6.07, 6.45) is 0.322. The summed E-state index contributed by atoms with van der Waals surface area (Å²) in [5, 5.41) is 0. The first kappa shape index (κ1) is 17.7. The number of para-hydroxylation sites is 1. The Morgan fingerprint density at radius 3 is 2.74 bits per heavy atom. The van der Waals surface area contributed by atoms with Crippen LogP contribution in [0.5, 0.6) is 17.2 Å². The Morgan fingerprint density at radius 1 is 1.07 bits per heavy atom.